The number of aliphatic imine (C=N–C) groups is 1. The fourth-order valence-electron chi connectivity index (χ4n) is 5.01. The van der Waals surface area contributed by atoms with E-state index in [0.717, 1.165) is 0 Å². The third kappa shape index (κ3) is 4.39. The molecule has 27 heavy (non-hydrogen) atoms. The maximum Gasteiger partial charge on any atom is 0.407 e. The van der Waals surface area contributed by atoms with Crippen LogP contribution in [0.5, 0.6) is 0 Å². The molecule has 2 N–H and O–H groups in total. The number of nitrogens with zero attached hydrogens (tertiary/aromatic N) is 1. The summed E-state index contributed by atoms with van der Waals surface area (Å²) in [4.78, 5) is 15.6. The molecule has 0 aromatic carbocycles. The maximum atomic E-state index is 14.0. The summed E-state index contributed by atoms with van der Waals surface area (Å²) in [6, 6.07) is 0. The van der Waals surface area contributed by atoms with Crippen molar-refractivity contribution in [1.82, 2.24) is 5.32 Å². The molecule has 2 saturated carbocycles. The molecule has 1 spiro atoms. The van der Waals surface area contributed by atoms with Gasteiger partial charge in [0.1, 0.15) is 5.76 Å². The van der Waals surface area contributed by atoms with Crippen LogP contribution in [0.4, 0.5) is 13.6 Å². The molecule has 0 aromatic heterocycles. The van der Waals surface area contributed by atoms with Gasteiger partial charge in [0, 0.05) is 19.4 Å². The SMILES string of the molecule is C=C(O)C=NC(=C)/C=C/[C@H]1[C@@H]2CCC(F)(F)C[C@H]2CC12CCOC(=O)NC2. The summed E-state index contributed by atoms with van der Waals surface area (Å²) in [6.45, 7) is 7.87. The van der Waals surface area contributed by atoms with E-state index in [-0.39, 0.29) is 48.4 Å². The first-order valence-corrected chi connectivity index (χ1v) is 9.28. The minimum atomic E-state index is -2.61. The number of halogens is 2. The Morgan fingerprint density at radius 3 is 2.85 bits per heavy atom. The number of aliphatic hydroxyl groups is 1. The minimum absolute atomic E-state index is 0.0323. The van der Waals surface area contributed by atoms with Crippen molar-refractivity contribution in [3.05, 3.63) is 36.8 Å². The topological polar surface area (TPSA) is 70.9 Å². The second-order valence-electron chi connectivity index (χ2n) is 7.95. The summed E-state index contributed by atoms with van der Waals surface area (Å²) >= 11 is 0. The molecular formula is C20H26F2N2O3. The van der Waals surface area contributed by atoms with Gasteiger partial charge in [-0.25, -0.2) is 13.6 Å². The van der Waals surface area contributed by atoms with Crippen LogP contribution in [-0.2, 0) is 4.74 Å². The summed E-state index contributed by atoms with van der Waals surface area (Å²) in [5.74, 6) is -2.68. The van der Waals surface area contributed by atoms with Crippen LogP contribution in [0.3, 0.4) is 0 Å². The Hall–Kier alpha value is -2.18. The van der Waals surface area contributed by atoms with E-state index >= 15 is 0 Å². The van der Waals surface area contributed by atoms with Crippen molar-refractivity contribution in [2.24, 2.45) is 28.2 Å². The van der Waals surface area contributed by atoms with E-state index in [0.29, 0.717) is 31.5 Å². The lowest BCUT2D eigenvalue weighted by Crippen LogP contribution is -2.38. The lowest BCUT2D eigenvalue weighted by molar-refractivity contribution is -0.0659. The Morgan fingerprint density at radius 1 is 1.33 bits per heavy atom. The van der Waals surface area contributed by atoms with Crippen molar-refractivity contribution in [2.45, 2.75) is 38.0 Å². The lowest BCUT2D eigenvalue weighted by atomic mass is 9.71. The molecule has 3 rings (SSSR count). The van der Waals surface area contributed by atoms with Gasteiger partial charge in [0.25, 0.3) is 0 Å². The van der Waals surface area contributed by atoms with Crippen LogP contribution in [-0.4, -0.2) is 36.5 Å². The summed E-state index contributed by atoms with van der Waals surface area (Å²) in [5.41, 5.74) is 0.141. The summed E-state index contributed by atoms with van der Waals surface area (Å²) in [7, 11) is 0. The fraction of sp³-hybridized carbons (Fsp3) is 0.600. The van der Waals surface area contributed by atoms with Crippen LogP contribution >= 0.6 is 0 Å². The van der Waals surface area contributed by atoms with Crippen molar-refractivity contribution >= 4 is 12.3 Å². The number of amides is 1. The first-order valence-electron chi connectivity index (χ1n) is 9.28. The van der Waals surface area contributed by atoms with Crippen molar-refractivity contribution in [3.63, 3.8) is 0 Å². The Labute approximate surface area is 157 Å². The zero-order valence-electron chi connectivity index (χ0n) is 15.3. The van der Waals surface area contributed by atoms with E-state index in [1.807, 2.05) is 6.08 Å². The molecule has 1 amide bonds. The number of carbonyl (C=O) groups is 1. The molecule has 1 aliphatic heterocycles. The van der Waals surface area contributed by atoms with E-state index in [4.69, 9.17) is 9.84 Å². The third-order valence-corrected chi connectivity index (χ3v) is 6.14. The van der Waals surface area contributed by atoms with Crippen LogP contribution in [0.2, 0.25) is 0 Å². The number of hydrogen-bond donors (Lipinski definition) is 2. The molecule has 5 nitrogen and oxygen atoms in total. The Kier molecular flexibility index (Phi) is 5.40. The summed E-state index contributed by atoms with van der Waals surface area (Å²) in [5, 5.41) is 11.9. The second kappa shape index (κ2) is 7.44. The van der Waals surface area contributed by atoms with Gasteiger partial charge in [-0.05, 0) is 48.5 Å². The molecule has 0 bridgehead atoms. The number of carbonyl (C=O) groups excluding carboxylic acids is 1. The van der Waals surface area contributed by atoms with Gasteiger partial charge >= 0.3 is 6.09 Å². The molecule has 4 atom stereocenters. The maximum absolute atomic E-state index is 14.0. The zero-order valence-corrected chi connectivity index (χ0v) is 15.3. The van der Waals surface area contributed by atoms with E-state index in [9.17, 15) is 13.6 Å². The van der Waals surface area contributed by atoms with E-state index in [1.54, 1.807) is 6.08 Å². The van der Waals surface area contributed by atoms with Crippen molar-refractivity contribution < 1.29 is 23.4 Å². The van der Waals surface area contributed by atoms with Crippen molar-refractivity contribution in [3.8, 4) is 0 Å². The number of alkyl carbamates (subject to hydrolysis) is 1. The smallest absolute Gasteiger partial charge is 0.407 e. The number of nitrogens with one attached hydrogen (secondary N) is 1. The van der Waals surface area contributed by atoms with E-state index in [2.05, 4.69) is 23.5 Å². The molecule has 0 radical (unpaired) electrons. The highest BCUT2D eigenvalue weighted by Crippen LogP contribution is 2.59. The number of rotatable bonds is 4. The van der Waals surface area contributed by atoms with Crippen LogP contribution in [0, 0.1) is 23.2 Å². The van der Waals surface area contributed by atoms with Gasteiger partial charge in [-0.1, -0.05) is 19.2 Å². The van der Waals surface area contributed by atoms with Gasteiger partial charge in [-0.15, -0.1) is 0 Å². The van der Waals surface area contributed by atoms with Gasteiger partial charge in [-0.3, -0.25) is 4.99 Å². The first-order chi connectivity index (χ1) is 12.7. The Bertz CT molecular complexity index is 689. The first kappa shape index (κ1) is 19.6. The Morgan fingerprint density at radius 2 is 2.11 bits per heavy atom. The number of allylic oxidation sites excluding steroid dienone is 3. The number of hydrogen-bond acceptors (Lipinski definition) is 4. The molecule has 3 aliphatic rings. The number of alkyl halides is 2. The Balaban J connectivity index is 1.85. The van der Waals surface area contributed by atoms with Gasteiger partial charge in [0.15, 0.2) is 0 Å². The minimum Gasteiger partial charge on any atom is -0.507 e. The molecule has 3 fully saturated rings. The molecular weight excluding hydrogens is 354 g/mol. The van der Waals surface area contributed by atoms with Crippen molar-refractivity contribution in [1.29, 1.82) is 0 Å². The van der Waals surface area contributed by atoms with Gasteiger partial charge in [0.2, 0.25) is 5.92 Å². The van der Waals surface area contributed by atoms with Gasteiger partial charge in [0.05, 0.1) is 18.5 Å². The third-order valence-electron chi connectivity index (χ3n) is 6.14. The largest absolute Gasteiger partial charge is 0.507 e. The molecule has 0 aromatic rings. The highest BCUT2D eigenvalue weighted by Gasteiger charge is 2.56. The average Bonchev–Trinajstić information content (AvgIpc) is 2.74. The van der Waals surface area contributed by atoms with Gasteiger partial charge in [-0.2, -0.15) is 0 Å². The number of ether oxygens (including phenoxy) is 1. The number of aliphatic hydroxyl groups excluding tert-OH is 1. The highest BCUT2D eigenvalue weighted by molar-refractivity contribution is 5.75. The molecule has 1 unspecified atom stereocenters. The molecule has 7 heteroatoms. The second-order valence-corrected chi connectivity index (χ2v) is 7.95. The normalized spacial score (nSPS) is 35.6. The lowest BCUT2D eigenvalue weighted by Gasteiger charge is -2.36. The van der Waals surface area contributed by atoms with Crippen LogP contribution in [0.25, 0.3) is 0 Å². The fourth-order valence-corrected chi connectivity index (χ4v) is 5.01. The molecule has 1 saturated heterocycles. The zero-order chi connectivity index (χ0) is 19.7. The standard InChI is InChI=1S/C20H26F2N2O3/c1-13(23-11-14(2)25)3-4-17-16-5-6-20(21,22)10-15(16)9-19(17)7-8-27-18(26)24-12-19/h3-4,11,15-17,25H,1-2,5-10,12H2,(H,24,26)/b4-3+,23-11?/t15-,16-,17+,19?/m1/s1. The molecule has 1 heterocycles. The monoisotopic (exact) mass is 380 g/mol. The van der Waals surface area contributed by atoms with Gasteiger partial charge < -0.3 is 15.2 Å². The highest BCUT2D eigenvalue weighted by atomic mass is 19.3. The quantitative estimate of drug-likeness (QED) is 0.432. The predicted octanol–water partition coefficient (Wildman–Crippen LogP) is 4.39. The number of cyclic esters (lactones) is 1. The molecule has 148 valence electrons. The predicted molar refractivity (Wildman–Crippen MR) is 98.8 cm³/mol. The summed E-state index contributed by atoms with van der Waals surface area (Å²) < 4.78 is 33.1. The van der Waals surface area contributed by atoms with Crippen LogP contribution < -0.4 is 5.32 Å². The number of fused-ring (bicyclic) bond motifs is 1. The van der Waals surface area contributed by atoms with E-state index < -0.39 is 12.0 Å². The summed E-state index contributed by atoms with van der Waals surface area (Å²) in [6.07, 6.45) is 6.07. The van der Waals surface area contributed by atoms with E-state index in [1.165, 1.54) is 6.21 Å². The molecule has 2 aliphatic carbocycles. The van der Waals surface area contributed by atoms with Crippen LogP contribution in [0.15, 0.2) is 41.8 Å². The average molecular weight is 380 g/mol. The van der Waals surface area contributed by atoms with Crippen molar-refractivity contribution in [2.75, 3.05) is 13.2 Å². The van der Waals surface area contributed by atoms with Crippen LogP contribution in [0.1, 0.15) is 32.1 Å².